The van der Waals surface area contributed by atoms with E-state index >= 15 is 0 Å². The third-order valence-corrected chi connectivity index (χ3v) is 4.93. The van der Waals surface area contributed by atoms with E-state index in [2.05, 4.69) is 17.2 Å². The molecule has 0 N–H and O–H groups in total. The number of amides is 1. The normalized spacial score (nSPS) is 11.0. The van der Waals surface area contributed by atoms with Crippen LogP contribution in [-0.4, -0.2) is 59.2 Å². The first kappa shape index (κ1) is 22.4. The van der Waals surface area contributed by atoms with E-state index in [0.717, 1.165) is 17.5 Å². The number of hydrogen-bond acceptors (Lipinski definition) is 4. The number of nitrogens with zero attached hydrogens (tertiary/aromatic N) is 4. The van der Waals surface area contributed by atoms with Gasteiger partial charge in [-0.2, -0.15) is 9.78 Å². The third-order valence-electron chi connectivity index (χ3n) is 4.93. The molecule has 1 heterocycles. The van der Waals surface area contributed by atoms with Crippen molar-refractivity contribution in [3.63, 3.8) is 0 Å². The van der Waals surface area contributed by atoms with Crippen molar-refractivity contribution in [3.8, 4) is 5.69 Å². The molecule has 0 fully saturated rings. The molecule has 3 rings (SSSR count). The zero-order valence-corrected chi connectivity index (χ0v) is 17.9. The van der Waals surface area contributed by atoms with Gasteiger partial charge in [-0.3, -0.25) is 9.59 Å². The number of aromatic nitrogens is 2. The van der Waals surface area contributed by atoms with Crippen LogP contribution in [0.15, 0.2) is 71.5 Å². The van der Waals surface area contributed by atoms with Gasteiger partial charge in [0.05, 0.1) is 5.69 Å². The average molecular weight is 423 g/mol. The monoisotopic (exact) mass is 422 g/mol. The molecule has 2 aromatic carbocycles. The Labute approximate surface area is 181 Å². The van der Waals surface area contributed by atoms with Crippen molar-refractivity contribution >= 4 is 5.91 Å². The number of carbonyl (C=O) groups is 1. The van der Waals surface area contributed by atoms with Crippen LogP contribution in [0.5, 0.6) is 0 Å². The van der Waals surface area contributed by atoms with Crippen LogP contribution in [0.25, 0.3) is 5.69 Å². The molecule has 0 atom stereocenters. The maximum absolute atomic E-state index is 13.2. The minimum atomic E-state index is -0.405. The second-order valence-corrected chi connectivity index (χ2v) is 7.63. The van der Waals surface area contributed by atoms with E-state index < -0.39 is 5.82 Å². The van der Waals surface area contributed by atoms with Gasteiger partial charge < -0.3 is 9.80 Å². The Morgan fingerprint density at radius 1 is 0.935 bits per heavy atom. The Morgan fingerprint density at radius 2 is 1.65 bits per heavy atom. The highest BCUT2D eigenvalue weighted by atomic mass is 19.1. The van der Waals surface area contributed by atoms with Gasteiger partial charge in [0.1, 0.15) is 11.5 Å². The highest BCUT2D eigenvalue weighted by Crippen LogP contribution is 2.09. The number of halogens is 1. The van der Waals surface area contributed by atoms with Crippen molar-refractivity contribution < 1.29 is 9.18 Å². The van der Waals surface area contributed by atoms with Gasteiger partial charge >= 0.3 is 0 Å². The quantitative estimate of drug-likeness (QED) is 0.532. The van der Waals surface area contributed by atoms with Crippen LogP contribution in [0.2, 0.25) is 0 Å². The Hall–Kier alpha value is -3.32. The number of likely N-dealkylation sites (N-methyl/N-ethyl adjacent to an activating group) is 1. The molecule has 0 unspecified atom stereocenters. The fourth-order valence-electron chi connectivity index (χ4n) is 3.21. The molecule has 0 aliphatic heterocycles. The fraction of sp³-hybridized carbons (Fsp3) is 0.292. The summed E-state index contributed by atoms with van der Waals surface area (Å²) in [5.74, 6) is -0.636. The first-order valence-corrected chi connectivity index (χ1v) is 10.3. The number of aryl methyl sites for hydroxylation is 1. The highest BCUT2D eigenvalue weighted by Gasteiger charge is 2.18. The summed E-state index contributed by atoms with van der Waals surface area (Å²) < 4.78 is 14.4. The van der Waals surface area contributed by atoms with Crippen molar-refractivity contribution in [2.45, 2.75) is 12.8 Å². The molecule has 0 saturated heterocycles. The molecule has 1 aromatic heterocycles. The highest BCUT2D eigenvalue weighted by molar-refractivity contribution is 5.92. The smallest absolute Gasteiger partial charge is 0.274 e. The lowest BCUT2D eigenvalue weighted by Gasteiger charge is -2.24. The number of hydrogen-bond donors (Lipinski definition) is 0. The molecule has 162 valence electrons. The lowest BCUT2D eigenvalue weighted by Crippen LogP contribution is -2.38. The predicted octanol–water partition coefficient (Wildman–Crippen LogP) is 3.01. The minimum absolute atomic E-state index is 0.183. The van der Waals surface area contributed by atoms with Crippen molar-refractivity contribution in [1.29, 1.82) is 0 Å². The first-order chi connectivity index (χ1) is 14.9. The largest absolute Gasteiger partial charge is 0.336 e. The molecule has 1 amide bonds. The predicted molar refractivity (Wildman–Crippen MR) is 119 cm³/mol. The van der Waals surface area contributed by atoms with Gasteiger partial charge in [-0.05, 0) is 62.8 Å². The molecule has 0 radical (unpaired) electrons. The van der Waals surface area contributed by atoms with Crippen LogP contribution in [0.4, 0.5) is 4.39 Å². The summed E-state index contributed by atoms with van der Waals surface area (Å²) in [4.78, 5) is 29.3. The summed E-state index contributed by atoms with van der Waals surface area (Å²) in [5, 5.41) is 4.26. The number of benzene rings is 2. The molecule has 0 aliphatic carbocycles. The lowest BCUT2D eigenvalue weighted by atomic mass is 10.1. The Kier molecular flexibility index (Phi) is 7.67. The summed E-state index contributed by atoms with van der Waals surface area (Å²) in [6.45, 7) is 1.85. The van der Waals surface area contributed by atoms with Gasteiger partial charge in [-0.15, -0.1) is 0 Å². The fourth-order valence-corrected chi connectivity index (χ4v) is 3.21. The molecule has 3 aromatic rings. The van der Waals surface area contributed by atoms with Gasteiger partial charge in [0.2, 0.25) is 0 Å². The standard InChI is InChI=1S/C24H27FN4O2/c1-27(2)17-18-28(16-6-9-19-7-4-3-5-8-19)24(31)22-14-15-23(30)29(26-22)21-12-10-20(25)11-13-21/h3-5,7-8,10-15H,6,9,16-18H2,1-2H3. The molecule has 0 saturated carbocycles. The van der Waals surface area contributed by atoms with Crippen LogP contribution in [-0.2, 0) is 6.42 Å². The number of carbonyl (C=O) groups excluding carboxylic acids is 1. The zero-order valence-electron chi connectivity index (χ0n) is 17.9. The van der Waals surface area contributed by atoms with Crippen LogP contribution in [0, 0.1) is 5.82 Å². The second-order valence-electron chi connectivity index (χ2n) is 7.63. The molecule has 0 bridgehead atoms. The maximum Gasteiger partial charge on any atom is 0.274 e. The van der Waals surface area contributed by atoms with E-state index in [-0.39, 0.29) is 17.2 Å². The van der Waals surface area contributed by atoms with E-state index in [1.165, 1.54) is 42.0 Å². The molecule has 31 heavy (non-hydrogen) atoms. The summed E-state index contributed by atoms with van der Waals surface area (Å²) >= 11 is 0. The van der Waals surface area contributed by atoms with Gasteiger partial charge in [0.15, 0.2) is 0 Å². The van der Waals surface area contributed by atoms with Crippen LogP contribution in [0.1, 0.15) is 22.5 Å². The van der Waals surface area contributed by atoms with E-state index in [1.54, 1.807) is 4.90 Å². The van der Waals surface area contributed by atoms with E-state index in [9.17, 15) is 14.0 Å². The maximum atomic E-state index is 13.2. The molecule has 7 heteroatoms. The molecule has 0 aliphatic rings. The summed E-state index contributed by atoms with van der Waals surface area (Å²) in [5.41, 5.74) is 1.44. The van der Waals surface area contributed by atoms with Crippen molar-refractivity contribution in [3.05, 3.63) is 94.2 Å². The summed E-state index contributed by atoms with van der Waals surface area (Å²) in [6, 6.07) is 18.3. The van der Waals surface area contributed by atoms with Crippen LogP contribution in [0.3, 0.4) is 0 Å². The summed E-state index contributed by atoms with van der Waals surface area (Å²) in [7, 11) is 3.92. The first-order valence-electron chi connectivity index (χ1n) is 10.3. The molecule has 6 nitrogen and oxygen atoms in total. The van der Waals surface area contributed by atoms with Crippen molar-refractivity contribution in [2.24, 2.45) is 0 Å². The lowest BCUT2D eigenvalue weighted by molar-refractivity contribution is 0.0735. The summed E-state index contributed by atoms with van der Waals surface area (Å²) in [6.07, 6.45) is 1.69. The Morgan fingerprint density at radius 3 is 2.32 bits per heavy atom. The van der Waals surface area contributed by atoms with Crippen molar-refractivity contribution in [2.75, 3.05) is 33.7 Å². The number of rotatable bonds is 9. The van der Waals surface area contributed by atoms with Crippen LogP contribution >= 0.6 is 0 Å². The van der Waals surface area contributed by atoms with Gasteiger partial charge in [-0.1, -0.05) is 30.3 Å². The average Bonchev–Trinajstić information content (AvgIpc) is 2.77. The van der Waals surface area contributed by atoms with Gasteiger partial charge in [0.25, 0.3) is 11.5 Å². The van der Waals surface area contributed by atoms with Gasteiger partial charge in [-0.25, -0.2) is 4.39 Å². The van der Waals surface area contributed by atoms with Crippen LogP contribution < -0.4 is 5.56 Å². The van der Waals surface area contributed by atoms with E-state index in [1.807, 2.05) is 37.2 Å². The van der Waals surface area contributed by atoms with Gasteiger partial charge in [0, 0.05) is 25.7 Å². The van der Waals surface area contributed by atoms with Crippen molar-refractivity contribution in [1.82, 2.24) is 19.6 Å². The van der Waals surface area contributed by atoms with E-state index in [0.29, 0.717) is 25.3 Å². The minimum Gasteiger partial charge on any atom is -0.336 e. The molecule has 0 spiro atoms. The topological polar surface area (TPSA) is 58.4 Å². The second kappa shape index (κ2) is 10.6. The Balaban J connectivity index is 1.78. The van der Waals surface area contributed by atoms with E-state index in [4.69, 9.17) is 0 Å². The molecular formula is C24H27FN4O2. The third kappa shape index (κ3) is 6.33. The zero-order chi connectivity index (χ0) is 22.2. The molecular weight excluding hydrogens is 395 g/mol. The Bertz CT molecular complexity index is 1050. The SMILES string of the molecule is CN(C)CCN(CCCc1ccccc1)C(=O)c1ccc(=O)n(-c2ccc(F)cc2)n1.